The van der Waals surface area contributed by atoms with Gasteiger partial charge in [0.25, 0.3) is 0 Å². The average Bonchev–Trinajstić information content (AvgIpc) is 2.07. The molecule has 68 valence electrons. The van der Waals surface area contributed by atoms with Crippen LogP contribution in [0.3, 0.4) is 0 Å². The third kappa shape index (κ3) is 3.95. The van der Waals surface area contributed by atoms with Crippen molar-refractivity contribution in [1.29, 1.82) is 0 Å². The molecule has 1 rings (SSSR count). The third-order valence-electron chi connectivity index (χ3n) is 1.16. The van der Waals surface area contributed by atoms with Crippen molar-refractivity contribution in [3.05, 3.63) is 29.8 Å². The Labute approximate surface area is 72.7 Å². The van der Waals surface area contributed by atoms with Crippen molar-refractivity contribution in [2.45, 2.75) is 6.61 Å². The van der Waals surface area contributed by atoms with Gasteiger partial charge in [0.1, 0.15) is 5.75 Å². The Morgan fingerprint density at radius 1 is 1.25 bits per heavy atom. The van der Waals surface area contributed by atoms with Crippen LogP contribution in [-0.4, -0.2) is 24.3 Å². The van der Waals surface area contributed by atoms with E-state index in [1.807, 2.05) is 14.1 Å². The number of phenols is 1. The van der Waals surface area contributed by atoms with Gasteiger partial charge in [0, 0.05) is 5.56 Å². The molecule has 3 N–H and O–H groups in total. The summed E-state index contributed by atoms with van der Waals surface area (Å²) in [5.41, 5.74) is 0.567. The molecule has 0 saturated heterocycles. The molecule has 0 unspecified atom stereocenters. The maximum atomic E-state index is 8.95. The summed E-state index contributed by atoms with van der Waals surface area (Å²) in [7, 11) is 3.75. The average molecular weight is 169 g/mol. The van der Waals surface area contributed by atoms with E-state index in [1.165, 1.54) is 0 Å². The van der Waals surface area contributed by atoms with Gasteiger partial charge in [-0.15, -0.1) is 0 Å². The fraction of sp³-hybridized carbons (Fsp3) is 0.333. The van der Waals surface area contributed by atoms with Crippen molar-refractivity contribution < 1.29 is 10.2 Å². The van der Waals surface area contributed by atoms with Gasteiger partial charge in [-0.3, -0.25) is 0 Å². The molecule has 0 aromatic heterocycles. The summed E-state index contributed by atoms with van der Waals surface area (Å²) in [6.45, 7) is -0.104. The molecule has 1 aromatic carbocycles. The van der Waals surface area contributed by atoms with E-state index in [0.717, 1.165) is 0 Å². The van der Waals surface area contributed by atoms with Crippen LogP contribution in [0.1, 0.15) is 5.56 Å². The summed E-state index contributed by atoms with van der Waals surface area (Å²) in [6, 6.07) is 6.71. The molecular weight excluding hydrogens is 154 g/mol. The Hall–Kier alpha value is -1.06. The molecule has 0 aliphatic heterocycles. The Balaban J connectivity index is 0.000000354. The standard InChI is InChI=1S/C7H8O2.C2H7N/c8-5-6-3-1-2-4-7(6)9;1-3-2/h1-4,8-9H,5H2;3H,1-2H3. The summed E-state index contributed by atoms with van der Waals surface area (Å²) >= 11 is 0. The molecule has 0 bridgehead atoms. The Morgan fingerprint density at radius 3 is 2.08 bits per heavy atom. The quantitative estimate of drug-likeness (QED) is 0.580. The molecule has 3 nitrogen and oxygen atoms in total. The minimum absolute atomic E-state index is 0.104. The third-order valence-corrected chi connectivity index (χ3v) is 1.16. The second-order valence-electron chi connectivity index (χ2n) is 2.29. The van der Waals surface area contributed by atoms with Crippen molar-refractivity contribution in [3.63, 3.8) is 0 Å². The molecule has 0 aliphatic rings. The highest BCUT2D eigenvalue weighted by atomic mass is 16.3. The zero-order valence-corrected chi connectivity index (χ0v) is 7.41. The number of nitrogens with one attached hydrogen (secondary N) is 1. The highest BCUT2D eigenvalue weighted by Crippen LogP contribution is 2.14. The van der Waals surface area contributed by atoms with Crippen LogP contribution in [0.25, 0.3) is 0 Å². The number of aliphatic hydroxyl groups excluding tert-OH is 1. The van der Waals surface area contributed by atoms with E-state index in [-0.39, 0.29) is 12.4 Å². The van der Waals surface area contributed by atoms with E-state index in [1.54, 1.807) is 24.3 Å². The molecule has 0 atom stereocenters. The normalized spacial score (nSPS) is 8.58. The van der Waals surface area contributed by atoms with Crippen molar-refractivity contribution in [2.75, 3.05) is 14.1 Å². The van der Waals surface area contributed by atoms with Gasteiger partial charge in [-0.1, -0.05) is 18.2 Å². The number of para-hydroxylation sites is 1. The second kappa shape index (κ2) is 6.64. The fourth-order valence-electron chi connectivity index (χ4n) is 0.645. The zero-order chi connectivity index (χ0) is 9.40. The van der Waals surface area contributed by atoms with Gasteiger partial charge < -0.3 is 15.5 Å². The van der Waals surface area contributed by atoms with E-state index in [0.29, 0.717) is 5.56 Å². The van der Waals surface area contributed by atoms with E-state index in [9.17, 15) is 0 Å². The summed E-state index contributed by atoms with van der Waals surface area (Å²) in [5.74, 6) is 0.153. The second-order valence-corrected chi connectivity index (χ2v) is 2.29. The first-order chi connectivity index (χ1) is 5.76. The van der Waals surface area contributed by atoms with Crippen molar-refractivity contribution in [1.82, 2.24) is 5.32 Å². The van der Waals surface area contributed by atoms with Gasteiger partial charge in [0.15, 0.2) is 0 Å². The van der Waals surface area contributed by atoms with Gasteiger partial charge in [0.2, 0.25) is 0 Å². The maximum absolute atomic E-state index is 8.95. The lowest BCUT2D eigenvalue weighted by Crippen LogP contribution is -1.89. The van der Waals surface area contributed by atoms with Crippen LogP contribution in [0.15, 0.2) is 24.3 Å². The number of hydrogen-bond donors (Lipinski definition) is 3. The summed E-state index contributed by atoms with van der Waals surface area (Å²) in [5, 5.41) is 20.3. The fourth-order valence-corrected chi connectivity index (χ4v) is 0.645. The Morgan fingerprint density at radius 2 is 1.75 bits per heavy atom. The van der Waals surface area contributed by atoms with Crippen LogP contribution < -0.4 is 5.32 Å². The van der Waals surface area contributed by atoms with Gasteiger partial charge in [-0.25, -0.2) is 0 Å². The molecule has 0 heterocycles. The van der Waals surface area contributed by atoms with E-state index in [4.69, 9.17) is 10.2 Å². The van der Waals surface area contributed by atoms with Gasteiger partial charge in [-0.05, 0) is 20.2 Å². The predicted molar refractivity (Wildman–Crippen MR) is 49.0 cm³/mol. The molecular formula is C9H15NO2. The monoisotopic (exact) mass is 169 g/mol. The highest BCUT2D eigenvalue weighted by molar-refractivity contribution is 5.30. The minimum atomic E-state index is -0.104. The van der Waals surface area contributed by atoms with Crippen LogP contribution in [0.5, 0.6) is 5.75 Å². The lowest BCUT2D eigenvalue weighted by Gasteiger charge is -1.96. The predicted octanol–water partition coefficient (Wildman–Crippen LogP) is 0.720. The van der Waals surface area contributed by atoms with Crippen molar-refractivity contribution >= 4 is 0 Å². The molecule has 3 heteroatoms. The number of rotatable bonds is 1. The van der Waals surface area contributed by atoms with Crippen LogP contribution >= 0.6 is 0 Å². The highest BCUT2D eigenvalue weighted by Gasteiger charge is 1.93. The van der Waals surface area contributed by atoms with Crippen molar-refractivity contribution in [3.8, 4) is 5.75 Å². The van der Waals surface area contributed by atoms with Gasteiger partial charge >= 0.3 is 0 Å². The summed E-state index contributed by atoms with van der Waals surface area (Å²) < 4.78 is 0. The largest absolute Gasteiger partial charge is 0.508 e. The van der Waals surface area contributed by atoms with Gasteiger partial charge in [0.05, 0.1) is 6.61 Å². The first-order valence-electron chi connectivity index (χ1n) is 3.72. The first-order valence-corrected chi connectivity index (χ1v) is 3.72. The lowest BCUT2D eigenvalue weighted by molar-refractivity contribution is 0.275. The van der Waals surface area contributed by atoms with E-state index in [2.05, 4.69) is 5.32 Å². The lowest BCUT2D eigenvalue weighted by atomic mass is 10.2. The molecule has 0 aliphatic carbocycles. The first kappa shape index (κ1) is 10.9. The summed E-state index contributed by atoms with van der Waals surface area (Å²) in [4.78, 5) is 0. The van der Waals surface area contributed by atoms with Crippen molar-refractivity contribution in [2.24, 2.45) is 0 Å². The SMILES string of the molecule is CNC.OCc1ccccc1O. The molecule has 0 radical (unpaired) electrons. The van der Waals surface area contributed by atoms with Crippen LogP contribution in [0, 0.1) is 0 Å². The van der Waals surface area contributed by atoms with E-state index >= 15 is 0 Å². The van der Waals surface area contributed by atoms with Crippen LogP contribution in [0.4, 0.5) is 0 Å². The van der Waals surface area contributed by atoms with Crippen LogP contribution in [-0.2, 0) is 6.61 Å². The smallest absolute Gasteiger partial charge is 0.121 e. The number of benzene rings is 1. The topological polar surface area (TPSA) is 52.5 Å². The minimum Gasteiger partial charge on any atom is -0.508 e. The summed E-state index contributed by atoms with van der Waals surface area (Å²) in [6.07, 6.45) is 0. The maximum Gasteiger partial charge on any atom is 0.121 e. The van der Waals surface area contributed by atoms with E-state index < -0.39 is 0 Å². The molecule has 0 saturated carbocycles. The zero-order valence-electron chi connectivity index (χ0n) is 7.41. The molecule has 0 spiro atoms. The van der Waals surface area contributed by atoms with Gasteiger partial charge in [-0.2, -0.15) is 0 Å². The molecule has 0 fully saturated rings. The number of hydrogen-bond acceptors (Lipinski definition) is 3. The Kier molecular flexibility index (Phi) is 6.05. The molecule has 1 aromatic rings. The number of aromatic hydroxyl groups is 1. The van der Waals surface area contributed by atoms with Crippen LogP contribution in [0.2, 0.25) is 0 Å². The molecule has 12 heavy (non-hydrogen) atoms. The Bertz CT molecular complexity index is 213. The molecule has 0 amide bonds. The number of aliphatic hydroxyl groups is 1.